The van der Waals surface area contributed by atoms with Crippen LogP contribution in [-0.4, -0.2) is 46.7 Å². The zero-order chi connectivity index (χ0) is 28.2. The monoisotopic (exact) mass is 563 g/mol. The number of fused-ring (bicyclic) bond motifs is 1. The van der Waals surface area contributed by atoms with Crippen LogP contribution < -0.4 is 9.08 Å². The SMILES string of the molecule is Cc1cc(OS(=O)(=O)C(F)(F)F)ncc1N1C[C@@]2(CCC[C@](C)(Cn3cnc4ccc(C#N)cc43)C2)OC1=O. The van der Waals surface area contributed by atoms with Gasteiger partial charge in [-0.3, -0.25) is 4.90 Å². The number of aromatic nitrogens is 3. The fraction of sp³-hybridized carbons (Fsp3) is 0.440. The molecule has 0 N–H and O–H groups in total. The second kappa shape index (κ2) is 9.11. The number of amides is 1. The van der Waals surface area contributed by atoms with E-state index in [4.69, 9.17) is 4.74 Å². The zero-order valence-corrected chi connectivity index (χ0v) is 21.8. The van der Waals surface area contributed by atoms with E-state index in [1.54, 1.807) is 24.5 Å². The fourth-order valence-corrected chi connectivity index (χ4v) is 6.04. The number of hydrogen-bond acceptors (Lipinski definition) is 8. The molecule has 39 heavy (non-hydrogen) atoms. The Morgan fingerprint density at radius 3 is 2.69 bits per heavy atom. The number of pyridine rings is 1. The van der Waals surface area contributed by atoms with Crippen molar-refractivity contribution >= 4 is 32.9 Å². The van der Waals surface area contributed by atoms with Crippen LogP contribution in [0.2, 0.25) is 0 Å². The molecule has 0 bridgehead atoms. The molecule has 1 saturated heterocycles. The first-order valence-electron chi connectivity index (χ1n) is 12.1. The number of alkyl halides is 3. The molecule has 1 aliphatic carbocycles. The van der Waals surface area contributed by atoms with Crippen LogP contribution in [0, 0.1) is 23.7 Å². The molecule has 0 radical (unpaired) electrons. The molecule has 1 amide bonds. The number of anilines is 1. The summed E-state index contributed by atoms with van der Waals surface area (Å²) >= 11 is 0. The van der Waals surface area contributed by atoms with E-state index >= 15 is 0 Å². The number of aryl methyl sites for hydroxylation is 1. The molecule has 2 atom stereocenters. The number of ether oxygens (including phenoxy) is 1. The van der Waals surface area contributed by atoms with Gasteiger partial charge >= 0.3 is 21.7 Å². The van der Waals surface area contributed by atoms with Crippen molar-refractivity contribution in [1.29, 1.82) is 5.26 Å². The summed E-state index contributed by atoms with van der Waals surface area (Å²) < 4.78 is 72.6. The molecule has 1 saturated carbocycles. The highest BCUT2D eigenvalue weighted by atomic mass is 32.2. The highest BCUT2D eigenvalue weighted by Crippen LogP contribution is 2.48. The predicted octanol–water partition coefficient (Wildman–Crippen LogP) is 4.82. The Bertz CT molecular complexity index is 1620. The molecule has 0 unspecified atom stereocenters. The van der Waals surface area contributed by atoms with Crippen LogP contribution in [0.25, 0.3) is 11.0 Å². The summed E-state index contributed by atoms with van der Waals surface area (Å²) in [4.78, 5) is 22.5. The molecule has 3 aromatic rings. The Kier molecular flexibility index (Phi) is 6.25. The van der Waals surface area contributed by atoms with Crippen LogP contribution >= 0.6 is 0 Å². The number of halogens is 3. The molecule has 1 aromatic carbocycles. The first kappa shape index (κ1) is 26.7. The largest absolute Gasteiger partial charge is 0.534 e. The highest BCUT2D eigenvalue weighted by molar-refractivity contribution is 7.87. The van der Waals surface area contributed by atoms with E-state index < -0.39 is 33.2 Å². The van der Waals surface area contributed by atoms with Gasteiger partial charge in [0.25, 0.3) is 0 Å². The van der Waals surface area contributed by atoms with E-state index in [1.165, 1.54) is 11.8 Å². The molecule has 3 heterocycles. The minimum absolute atomic E-state index is 0.203. The average molecular weight is 564 g/mol. The lowest BCUT2D eigenvalue weighted by Crippen LogP contribution is -2.45. The number of rotatable bonds is 5. The van der Waals surface area contributed by atoms with Crippen molar-refractivity contribution in [3.8, 4) is 11.9 Å². The molecule has 14 heteroatoms. The lowest BCUT2D eigenvalue weighted by Gasteiger charge is -2.43. The molecular formula is C25H24F3N5O5S. The van der Waals surface area contributed by atoms with Crippen molar-refractivity contribution in [3.05, 3.63) is 47.9 Å². The van der Waals surface area contributed by atoms with E-state index in [2.05, 4.69) is 27.1 Å². The van der Waals surface area contributed by atoms with Crippen molar-refractivity contribution in [1.82, 2.24) is 14.5 Å². The Balaban J connectivity index is 1.35. The summed E-state index contributed by atoms with van der Waals surface area (Å²) in [6.45, 7) is 4.42. The molecule has 5 rings (SSSR count). The lowest BCUT2D eigenvalue weighted by molar-refractivity contribution is -0.0501. The van der Waals surface area contributed by atoms with Gasteiger partial charge in [-0.05, 0) is 61.8 Å². The van der Waals surface area contributed by atoms with Crippen molar-refractivity contribution in [2.45, 2.75) is 57.2 Å². The van der Waals surface area contributed by atoms with Crippen molar-refractivity contribution in [2.75, 3.05) is 11.4 Å². The van der Waals surface area contributed by atoms with Gasteiger partial charge in [-0.1, -0.05) is 6.92 Å². The molecule has 2 aromatic heterocycles. The molecule has 1 aliphatic heterocycles. The number of carbonyl (C=O) groups is 1. The van der Waals surface area contributed by atoms with Gasteiger partial charge in [0.15, 0.2) is 0 Å². The molecule has 2 fully saturated rings. The minimum atomic E-state index is -5.87. The number of imidazole rings is 1. The van der Waals surface area contributed by atoms with Gasteiger partial charge in [0.05, 0.1) is 47.4 Å². The smallest absolute Gasteiger partial charge is 0.441 e. The Morgan fingerprint density at radius 2 is 2.00 bits per heavy atom. The van der Waals surface area contributed by atoms with E-state index in [1.807, 2.05) is 4.57 Å². The van der Waals surface area contributed by atoms with Crippen molar-refractivity contribution in [2.24, 2.45) is 5.41 Å². The number of nitrogens with zero attached hydrogens (tertiary/aromatic N) is 5. The summed E-state index contributed by atoms with van der Waals surface area (Å²) in [6, 6.07) is 8.49. The van der Waals surface area contributed by atoms with Crippen LogP contribution in [0.4, 0.5) is 23.7 Å². The maximum Gasteiger partial charge on any atom is 0.534 e. The molecule has 206 valence electrons. The lowest BCUT2D eigenvalue weighted by atomic mass is 9.68. The van der Waals surface area contributed by atoms with E-state index in [0.29, 0.717) is 30.5 Å². The Labute approximate surface area is 222 Å². The minimum Gasteiger partial charge on any atom is -0.441 e. The maximum absolute atomic E-state index is 13.0. The maximum atomic E-state index is 13.0. The normalized spacial score (nSPS) is 23.7. The third-order valence-electron chi connectivity index (χ3n) is 7.26. The molecule has 10 nitrogen and oxygen atoms in total. The van der Waals surface area contributed by atoms with Gasteiger partial charge < -0.3 is 13.5 Å². The van der Waals surface area contributed by atoms with Gasteiger partial charge in [0.2, 0.25) is 5.88 Å². The number of nitriles is 1. The van der Waals surface area contributed by atoms with Gasteiger partial charge in [-0.2, -0.15) is 26.9 Å². The average Bonchev–Trinajstić information content (AvgIpc) is 3.37. The van der Waals surface area contributed by atoms with E-state index in [-0.39, 0.29) is 17.6 Å². The quantitative estimate of drug-likeness (QED) is 0.320. The van der Waals surface area contributed by atoms with Gasteiger partial charge in [-0.25, -0.2) is 14.8 Å². The topological polar surface area (TPSA) is 127 Å². The second-order valence-electron chi connectivity index (χ2n) is 10.5. The van der Waals surface area contributed by atoms with Crippen LogP contribution in [-0.2, 0) is 21.4 Å². The van der Waals surface area contributed by atoms with Crippen LogP contribution in [0.1, 0.15) is 43.7 Å². The number of carbonyl (C=O) groups excluding carboxylic acids is 1. The van der Waals surface area contributed by atoms with E-state index in [9.17, 15) is 31.6 Å². The molecule has 2 aliphatic rings. The Hall–Kier alpha value is -3.86. The van der Waals surface area contributed by atoms with Crippen LogP contribution in [0.15, 0.2) is 36.8 Å². The summed E-state index contributed by atoms with van der Waals surface area (Å²) in [5.41, 5.74) is -3.92. The molecule has 1 spiro atoms. The first-order chi connectivity index (χ1) is 18.2. The molecular weight excluding hydrogens is 539 g/mol. The van der Waals surface area contributed by atoms with Crippen LogP contribution in [0.3, 0.4) is 0 Å². The van der Waals surface area contributed by atoms with Gasteiger partial charge in [-0.15, -0.1) is 0 Å². The van der Waals surface area contributed by atoms with Gasteiger partial charge in [0.1, 0.15) is 5.60 Å². The van der Waals surface area contributed by atoms with Crippen LogP contribution in [0.5, 0.6) is 5.88 Å². The standard InChI is InChI=1S/C25H24F3N5O5S/c1-16-8-21(38-39(35,36)25(26,27)28)30-11-20(16)33-14-24(37-22(33)34)7-3-6-23(2,12-24)13-32-15-31-18-5-4-17(10-29)9-19(18)32/h4-5,8-9,11,15H,3,6-7,12-14H2,1-2H3/t23-,24-/m0/s1. The number of benzene rings is 1. The number of hydrogen-bond donors (Lipinski definition) is 0. The highest BCUT2D eigenvalue weighted by Gasteiger charge is 2.52. The first-order valence-corrected chi connectivity index (χ1v) is 13.5. The fourth-order valence-electron chi connectivity index (χ4n) is 5.63. The summed E-state index contributed by atoms with van der Waals surface area (Å²) in [5.74, 6) is -0.756. The zero-order valence-electron chi connectivity index (χ0n) is 21.0. The van der Waals surface area contributed by atoms with E-state index in [0.717, 1.165) is 36.1 Å². The third kappa shape index (κ3) is 4.98. The van der Waals surface area contributed by atoms with Crippen molar-refractivity contribution < 1.29 is 35.3 Å². The predicted molar refractivity (Wildman–Crippen MR) is 132 cm³/mol. The third-order valence-corrected chi connectivity index (χ3v) is 8.22. The summed E-state index contributed by atoms with van der Waals surface area (Å²) in [6.07, 6.45) is 5.08. The summed E-state index contributed by atoms with van der Waals surface area (Å²) in [7, 11) is -5.87. The summed E-state index contributed by atoms with van der Waals surface area (Å²) in [5, 5.41) is 9.28. The Morgan fingerprint density at radius 1 is 1.23 bits per heavy atom. The van der Waals surface area contributed by atoms with Gasteiger partial charge in [0, 0.05) is 12.6 Å². The van der Waals surface area contributed by atoms with Crippen molar-refractivity contribution in [3.63, 3.8) is 0 Å². The second-order valence-corrected chi connectivity index (χ2v) is 12.0.